The highest BCUT2D eigenvalue weighted by Gasteiger charge is 2.23. The zero-order valence-electron chi connectivity index (χ0n) is 24.7. The molecule has 0 radical (unpaired) electrons. The van der Waals surface area contributed by atoms with Crippen molar-refractivity contribution in [3.63, 3.8) is 0 Å². The number of para-hydroxylation sites is 3. The maximum Gasteiger partial charge on any atom is 0.0789 e. The Morgan fingerprint density at radius 2 is 1.00 bits per heavy atom. The van der Waals surface area contributed by atoms with E-state index in [0.717, 1.165) is 11.4 Å². The molecule has 7 aromatic carbocycles. The van der Waals surface area contributed by atoms with E-state index in [-0.39, 0.29) is 0 Å². The fourth-order valence-corrected chi connectivity index (χ4v) is 9.09. The van der Waals surface area contributed by atoms with Crippen LogP contribution in [0, 0.1) is 0 Å². The summed E-state index contributed by atoms with van der Waals surface area (Å²) in [5.41, 5.74) is 10.9. The molecule has 0 bridgehead atoms. The summed E-state index contributed by atoms with van der Waals surface area (Å²) in [5.74, 6) is 0. The van der Waals surface area contributed by atoms with Gasteiger partial charge in [0.1, 0.15) is 0 Å². The van der Waals surface area contributed by atoms with Gasteiger partial charge in [0, 0.05) is 53.1 Å². The van der Waals surface area contributed by atoms with Crippen molar-refractivity contribution in [1.82, 2.24) is 8.80 Å². The number of hydrogen-bond donors (Lipinski definition) is 0. The number of thiophene rings is 1. The largest absolute Gasteiger partial charge is 0.310 e. The molecule has 11 aromatic rings. The lowest BCUT2D eigenvalue weighted by Crippen LogP contribution is -2.10. The van der Waals surface area contributed by atoms with E-state index in [1.54, 1.807) is 0 Å². The second-order valence-electron chi connectivity index (χ2n) is 12.2. The van der Waals surface area contributed by atoms with Crippen molar-refractivity contribution >= 4 is 103 Å². The average Bonchev–Trinajstić information content (AvgIpc) is 3.77. The van der Waals surface area contributed by atoms with Crippen LogP contribution in [0.15, 0.2) is 152 Å². The third-order valence-electron chi connectivity index (χ3n) is 9.80. The van der Waals surface area contributed by atoms with Crippen molar-refractivity contribution in [3.8, 4) is 0 Å². The normalized spacial score (nSPS) is 12.3. The van der Waals surface area contributed by atoms with E-state index < -0.39 is 0 Å². The fourth-order valence-electron chi connectivity index (χ4n) is 7.97. The van der Waals surface area contributed by atoms with Crippen LogP contribution >= 0.6 is 11.3 Å². The quantitative estimate of drug-likeness (QED) is 0.183. The van der Waals surface area contributed by atoms with E-state index >= 15 is 0 Å². The number of rotatable bonds is 3. The fraction of sp³-hybridized carbons (Fsp3) is 0. The third-order valence-corrected chi connectivity index (χ3v) is 10.9. The van der Waals surface area contributed by atoms with Crippen molar-refractivity contribution in [2.45, 2.75) is 0 Å². The van der Waals surface area contributed by atoms with Crippen LogP contribution in [-0.4, -0.2) is 8.80 Å². The van der Waals surface area contributed by atoms with Gasteiger partial charge in [-0.25, -0.2) is 0 Å². The first-order valence-corrected chi connectivity index (χ1v) is 16.5. The van der Waals surface area contributed by atoms with Crippen molar-refractivity contribution in [2.24, 2.45) is 0 Å². The van der Waals surface area contributed by atoms with Gasteiger partial charge in [0.15, 0.2) is 0 Å². The molecule has 0 aliphatic heterocycles. The summed E-state index contributed by atoms with van der Waals surface area (Å²) in [6.45, 7) is 0. The lowest BCUT2D eigenvalue weighted by atomic mass is 10.1. The van der Waals surface area contributed by atoms with E-state index in [2.05, 4.69) is 165 Å². The third kappa shape index (κ3) is 3.06. The van der Waals surface area contributed by atoms with Crippen LogP contribution in [-0.2, 0) is 0 Å². The zero-order chi connectivity index (χ0) is 29.9. The zero-order valence-corrected chi connectivity index (χ0v) is 25.5. The number of fused-ring (bicyclic) bond motifs is 12. The molecule has 4 heteroatoms. The first-order valence-electron chi connectivity index (χ1n) is 15.7. The standard InChI is InChI=1S/C42H25N3S/c1-2-11-26(12-3-1)43(36-18-10-20-39-40(36)32-15-6-9-19-38(32)46-39)27-21-24-35-37(25-27)45-34-17-8-5-14-29(34)31-23-22-30-28-13-4-7-16-33(28)44(35)41(30)42(31)45/h1-25H. The van der Waals surface area contributed by atoms with E-state index in [0.29, 0.717) is 0 Å². The molecule has 0 amide bonds. The molecule has 0 N–H and O–H groups in total. The highest BCUT2D eigenvalue weighted by atomic mass is 32.1. The van der Waals surface area contributed by atoms with Gasteiger partial charge in [0.2, 0.25) is 0 Å². The lowest BCUT2D eigenvalue weighted by molar-refractivity contribution is 1.24. The molecule has 0 aliphatic carbocycles. The molecule has 0 fully saturated rings. The second kappa shape index (κ2) is 8.87. The highest BCUT2D eigenvalue weighted by Crippen LogP contribution is 2.47. The summed E-state index contributed by atoms with van der Waals surface area (Å²) in [5, 5.41) is 7.74. The summed E-state index contributed by atoms with van der Waals surface area (Å²) in [7, 11) is 0. The predicted molar refractivity (Wildman–Crippen MR) is 197 cm³/mol. The Balaban J connectivity index is 1.32. The van der Waals surface area contributed by atoms with Crippen molar-refractivity contribution in [3.05, 3.63) is 152 Å². The van der Waals surface area contributed by atoms with Gasteiger partial charge in [-0.2, -0.15) is 0 Å². The molecule has 46 heavy (non-hydrogen) atoms. The monoisotopic (exact) mass is 603 g/mol. The number of anilines is 3. The SMILES string of the molecule is c1ccc(N(c2ccc3c(c2)n2c4ccccc4c4ccc5c6ccccc6n3c5c42)c2cccc3sc4ccccc4c23)cc1. The van der Waals surface area contributed by atoms with Gasteiger partial charge >= 0.3 is 0 Å². The molecule has 4 aromatic heterocycles. The van der Waals surface area contributed by atoms with Crippen molar-refractivity contribution in [2.75, 3.05) is 4.90 Å². The van der Waals surface area contributed by atoms with Crippen LogP contribution in [0.5, 0.6) is 0 Å². The van der Waals surface area contributed by atoms with Gasteiger partial charge in [0.25, 0.3) is 0 Å². The molecule has 0 saturated carbocycles. The Morgan fingerprint density at radius 1 is 0.391 bits per heavy atom. The average molecular weight is 604 g/mol. The van der Waals surface area contributed by atoms with E-state index in [1.807, 2.05) is 11.3 Å². The molecule has 0 saturated heterocycles. The van der Waals surface area contributed by atoms with Crippen molar-refractivity contribution < 1.29 is 0 Å². The molecule has 3 nitrogen and oxygen atoms in total. The van der Waals surface area contributed by atoms with Gasteiger partial charge in [-0.15, -0.1) is 11.3 Å². The molecule has 214 valence electrons. The Morgan fingerprint density at radius 3 is 1.74 bits per heavy atom. The first-order chi connectivity index (χ1) is 22.8. The summed E-state index contributed by atoms with van der Waals surface area (Å²) in [6.07, 6.45) is 0. The minimum absolute atomic E-state index is 1.13. The predicted octanol–water partition coefficient (Wildman–Crippen LogP) is 12.1. The molecule has 11 rings (SSSR count). The summed E-state index contributed by atoms with van der Waals surface area (Å²) in [4.78, 5) is 2.44. The Kier molecular flexibility index (Phi) is 4.72. The number of nitrogens with zero attached hydrogens (tertiary/aromatic N) is 3. The molecule has 0 aliphatic rings. The molecule has 0 spiro atoms. The maximum absolute atomic E-state index is 2.51. The lowest BCUT2D eigenvalue weighted by Gasteiger charge is -2.27. The first kappa shape index (κ1) is 24.5. The van der Waals surface area contributed by atoms with Crippen LogP contribution in [0.3, 0.4) is 0 Å². The summed E-state index contributed by atoms with van der Waals surface area (Å²) in [6, 6.07) is 55.6. The van der Waals surface area contributed by atoms with Gasteiger partial charge in [-0.3, -0.25) is 0 Å². The van der Waals surface area contributed by atoms with Gasteiger partial charge in [-0.1, -0.05) is 91.0 Å². The Hall–Kier alpha value is -5.84. The Labute approximate surface area is 267 Å². The summed E-state index contributed by atoms with van der Waals surface area (Å²) >= 11 is 1.86. The molecular weight excluding hydrogens is 579 g/mol. The molecule has 4 heterocycles. The van der Waals surface area contributed by atoms with Gasteiger partial charge in [-0.05, 0) is 60.7 Å². The van der Waals surface area contributed by atoms with Crippen LogP contribution in [0.1, 0.15) is 0 Å². The smallest absolute Gasteiger partial charge is 0.0789 e. The van der Waals surface area contributed by atoms with Crippen LogP contribution in [0.25, 0.3) is 74.8 Å². The minimum atomic E-state index is 1.13. The second-order valence-corrected chi connectivity index (χ2v) is 13.2. The van der Waals surface area contributed by atoms with E-state index in [9.17, 15) is 0 Å². The highest BCUT2D eigenvalue weighted by molar-refractivity contribution is 7.26. The van der Waals surface area contributed by atoms with Crippen LogP contribution < -0.4 is 4.90 Å². The topological polar surface area (TPSA) is 12.1 Å². The Bertz CT molecular complexity index is 2980. The molecule has 0 unspecified atom stereocenters. The van der Waals surface area contributed by atoms with Crippen molar-refractivity contribution in [1.29, 1.82) is 0 Å². The summed E-state index contributed by atoms with van der Waals surface area (Å²) < 4.78 is 7.61. The van der Waals surface area contributed by atoms with Crippen LogP contribution in [0.4, 0.5) is 17.1 Å². The van der Waals surface area contributed by atoms with E-state index in [4.69, 9.17) is 0 Å². The van der Waals surface area contributed by atoms with Crippen LogP contribution in [0.2, 0.25) is 0 Å². The molecule has 0 atom stereocenters. The number of hydrogen-bond acceptors (Lipinski definition) is 2. The van der Waals surface area contributed by atoms with Gasteiger partial charge < -0.3 is 13.7 Å². The maximum atomic E-state index is 2.51. The number of benzene rings is 7. The van der Waals surface area contributed by atoms with Gasteiger partial charge in [0.05, 0.1) is 38.8 Å². The number of aromatic nitrogens is 2. The minimum Gasteiger partial charge on any atom is -0.310 e. The molecular formula is C42H25N3S. The van der Waals surface area contributed by atoms with E-state index in [1.165, 1.54) is 80.5 Å².